The van der Waals surface area contributed by atoms with Gasteiger partial charge in [0.15, 0.2) is 11.6 Å². The Balaban J connectivity index is 2.38. The maximum absolute atomic E-state index is 12.6. The maximum Gasteiger partial charge on any atom is 0.198 e. The molecule has 0 heterocycles. The minimum atomic E-state index is -0.371. The van der Waals surface area contributed by atoms with Crippen LogP contribution in [0.3, 0.4) is 0 Å². The first kappa shape index (κ1) is 12.4. The molecule has 0 aromatic heterocycles. The number of hydrogen-bond acceptors (Lipinski definition) is 4. The third kappa shape index (κ3) is 1.54. The van der Waals surface area contributed by atoms with Gasteiger partial charge in [-0.15, -0.1) is 0 Å². The first-order valence-electron chi connectivity index (χ1n) is 6.31. The molecular formula is C16H12O4. The normalized spacial score (nSPS) is 13.1. The molecule has 0 amide bonds. The molecule has 1 aliphatic carbocycles. The zero-order valence-corrected chi connectivity index (χ0v) is 10.8. The van der Waals surface area contributed by atoms with Gasteiger partial charge in [-0.1, -0.05) is 19.1 Å². The molecule has 20 heavy (non-hydrogen) atoms. The molecule has 0 atom stereocenters. The Labute approximate surface area is 115 Å². The average Bonchev–Trinajstić information content (AvgIpc) is 2.43. The fourth-order valence-electron chi connectivity index (χ4n) is 2.65. The zero-order valence-electron chi connectivity index (χ0n) is 10.8. The van der Waals surface area contributed by atoms with Crippen molar-refractivity contribution in [3.8, 4) is 11.5 Å². The number of phenols is 2. The summed E-state index contributed by atoms with van der Waals surface area (Å²) in [6.45, 7) is 1.84. The van der Waals surface area contributed by atoms with Crippen molar-refractivity contribution in [3.05, 3.63) is 58.1 Å². The highest BCUT2D eigenvalue weighted by Crippen LogP contribution is 2.35. The first-order valence-corrected chi connectivity index (χ1v) is 6.31. The van der Waals surface area contributed by atoms with Gasteiger partial charge < -0.3 is 10.2 Å². The van der Waals surface area contributed by atoms with Crippen LogP contribution in [0.2, 0.25) is 0 Å². The molecule has 3 rings (SSSR count). The van der Waals surface area contributed by atoms with Crippen LogP contribution in [-0.4, -0.2) is 21.8 Å². The molecule has 4 heteroatoms. The molecular weight excluding hydrogens is 256 g/mol. The van der Waals surface area contributed by atoms with E-state index in [0.29, 0.717) is 12.0 Å². The van der Waals surface area contributed by atoms with Gasteiger partial charge in [0.25, 0.3) is 0 Å². The number of benzene rings is 2. The molecule has 100 valence electrons. The van der Waals surface area contributed by atoms with Crippen LogP contribution in [0.5, 0.6) is 11.5 Å². The van der Waals surface area contributed by atoms with Crippen molar-refractivity contribution in [3.63, 3.8) is 0 Å². The standard InChI is InChI=1S/C16H12O4/c1-2-8-6-9(17)7-11-13(8)16(20)14-10(15(11)19)4-3-5-12(14)18/h3-7,17-18H,2H2,1H3. The van der Waals surface area contributed by atoms with E-state index in [2.05, 4.69) is 0 Å². The van der Waals surface area contributed by atoms with E-state index in [9.17, 15) is 19.8 Å². The molecule has 0 unspecified atom stereocenters. The minimum Gasteiger partial charge on any atom is -0.508 e. The Morgan fingerprint density at radius 2 is 1.70 bits per heavy atom. The fraction of sp³-hybridized carbons (Fsp3) is 0.125. The lowest BCUT2D eigenvalue weighted by molar-refractivity contribution is 0.0975. The number of phenolic OH excluding ortho intramolecular Hbond substituents is 2. The summed E-state index contributed by atoms with van der Waals surface area (Å²) in [5.74, 6) is -0.951. The van der Waals surface area contributed by atoms with Crippen LogP contribution in [0.15, 0.2) is 30.3 Å². The maximum atomic E-state index is 12.6. The molecule has 2 N–H and O–H groups in total. The van der Waals surface area contributed by atoms with E-state index in [1.165, 1.54) is 30.3 Å². The molecule has 0 spiro atoms. The molecule has 2 aromatic rings. The van der Waals surface area contributed by atoms with Crippen molar-refractivity contribution in [2.45, 2.75) is 13.3 Å². The molecule has 0 saturated carbocycles. The van der Waals surface area contributed by atoms with Gasteiger partial charge in [-0.2, -0.15) is 0 Å². The summed E-state index contributed by atoms with van der Waals surface area (Å²) in [5, 5.41) is 19.6. The minimum absolute atomic E-state index is 0.0367. The Hall–Kier alpha value is -2.62. The topological polar surface area (TPSA) is 74.6 Å². The van der Waals surface area contributed by atoms with Gasteiger partial charge in [0.2, 0.25) is 0 Å². The Morgan fingerprint density at radius 1 is 0.950 bits per heavy atom. The predicted octanol–water partition coefficient (Wildman–Crippen LogP) is 2.44. The molecule has 0 fully saturated rings. The number of aryl methyl sites for hydroxylation is 1. The van der Waals surface area contributed by atoms with E-state index in [4.69, 9.17) is 0 Å². The molecule has 0 radical (unpaired) electrons. The van der Waals surface area contributed by atoms with Gasteiger partial charge in [-0.3, -0.25) is 9.59 Å². The van der Waals surface area contributed by atoms with Gasteiger partial charge >= 0.3 is 0 Å². The number of carbonyl (C=O) groups excluding carboxylic acids is 2. The van der Waals surface area contributed by atoms with E-state index >= 15 is 0 Å². The van der Waals surface area contributed by atoms with Gasteiger partial charge in [0, 0.05) is 16.7 Å². The molecule has 4 nitrogen and oxygen atoms in total. The SMILES string of the molecule is CCc1cc(O)cc2c1C(=O)c1c(O)cccc1C2=O. The lowest BCUT2D eigenvalue weighted by Crippen LogP contribution is -2.22. The summed E-state index contributed by atoms with van der Waals surface area (Å²) in [4.78, 5) is 25.0. The van der Waals surface area contributed by atoms with Gasteiger partial charge in [-0.05, 0) is 30.2 Å². The number of carbonyl (C=O) groups is 2. The van der Waals surface area contributed by atoms with E-state index < -0.39 is 0 Å². The smallest absolute Gasteiger partial charge is 0.198 e. The van der Waals surface area contributed by atoms with E-state index in [0.717, 1.165) is 0 Å². The summed E-state index contributed by atoms with van der Waals surface area (Å²) >= 11 is 0. The highest BCUT2D eigenvalue weighted by molar-refractivity contribution is 6.29. The van der Waals surface area contributed by atoms with Gasteiger partial charge in [-0.25, -0.2) is 0 Å². The highest BCUT2D eigenvalue weighted by Gasteiger charge is 2.33. The predicted molar refractivity (Wildman–Crippen MR) is 72.5 cm³/mol. The third-order valence-corrected chi connectivity index (χ3v) is 3.57. The Bertz CT molecular complexity index is 759. The second-order valence-corrected chi connectivity index (χ2v) is 4.74. The molecule has 0 bridgehead atoms. The number of rotatable bonds is 1. The average molecular weight is 268 g/mol. The lowest BCUT2D eigenvalue weighted by Gasteiger charge is -2.20. The number of fused-ring (bicyclic) bond motifs is 2. The van der Waals surface area contributed by atoms with E-state index in [-0.39, 0.29) is 45.3 Å². The number of hydrogen-bond donors (Lipinski definition) is 2. The summed E-state index contributed by atoms with van der Waals surface area (Å²) in [6, 6.07) is 7.21. The summed E-state index contributed by atoms with van der Waals surface area (Å²) < 4.78 is 0. The zero-order chi connectivity index (χ0) is 14.4. The van der Waals surface area contributed by atoms with Crippen LogP contribution in [0, 0.1) is 0 Å². The second kappa shape index (κ2) is 4.20. The van der Waals surface area contributed by atoms with Crippen LogP contribution in [0.1, 0.15) is 44.3 Å². The van der Waals surface area contributed by atoms with Crippen molar-refractivity contribution in [2.24, 2.45) is 0 Å². The van der Waals surface area contributed by atoms with Crippen LogP contribution in [-0.2, 0) is 6.42 Å². The lowest BCUT2D eigenvalue weighted by atomic mass is 9.81. The molecule has 0 saturated heterocycles. The monoisotopic (exact) mass is 268 g/mol. The first-order chi connectivity index (χ1) is 9.54. The molecule has 1 aliphatic rings. The summed E-state index contributed by atoms with van der Waals surface area (Å²) in [5.41, 5.74) is 1.31. The van der Waals surface area contributed by atoms with Gasteiger partial charge in [0.1, 0.15) is 11.5 Å². The van der Waals surface area contributed by atoms with Crippen molar-refractivity contribution >= 4 is 11.6 Å². The van der Waals surface area contributed by atoms with E-state index in [1.807, 2.05) is 6.92 Å². The molecule has 2 aromatic carbocycles. The third-order valence-electron chi connectivity index (χ3n) is 3.57. The Kier molecular flexibility index (Phi) is 2.61. The quantitative estimate of drug-likeness (QED) is 0.710. The number of ketones is 2. The molecule has 0 aliphatic heterocycles. The van der Waals surface area contributed by atoms with Crippen molar-refractivity contribution in [2.75, 3.05) is 0 Å². The van der Waals surface area contributed by atoms with Crippen LogP contribution in [0.4, 0.5) is 0 Å². The van der Waals surface area contributed by atoms with Crippen molar-refractivity contribution < 1.29 is 19.8 Å². The largest absolute Gasteiger partial charge is 0.508 e. The van der Waals surface area contributed by atoms with E-state index in [1.54, 1.807) is 0 Å². The van der Waals surface area contributed by atoms with Crippen LogP contribution in [0.25, 0.3) is 0 Å². The summed E-state index contributed by atoms with van der Waals surface area (Å²) in [7, 11) is 0. The Morgan fingerprint density at radius 3 is 2.40 bits per heavy atom. The summed E-state index contributed by atoms with van der Waals surface area (Å²) in [6.07, 6.45) is 0.513. The van der Waals surface area contributed by atoms with Crippen LogP contribution >= 0.6 is 0 Å². The van der Waals surface area contributed by atoms with Gasteiger partial charge in [0.05, 0.1) is 5.56 Å². The van der Waals surface area contributed by atoms with Crippen molar-refractivity contribution in [1.29, 1.82) is 0 Å². The van der Waals surface area contributed by atoms with Crippen molar-refractivity contribution in [1.82, 2.24) is 0 Å². The fourth-order valence-corrected chi connectivity index (χ4v) is 2.65. The highest BCUT2D eigenvalue weighted by atomic mass is 16.3. The van der Waals surface area contributed by atoms with Crippen LogP contribution < -0.4 is 0 Å². The second-order valence-electron chi connectivity index (χ2n) is 4.74. The number of aromatic hydroxyl groups is 2.